The molecule has 0 aliphatic rings. The highest BCUT2D eigenvalue weighted by Gasteiger charge is 2.09. The van der Waals surface area contributed by atoms with E-state index in [0.717, 1.165) is 10.3 Å². The number of fused-ring (bicyclic) bond motifs is 1. The zero-order valence-electron chi connectivity index (χ0n) is 14.3. The van der Waals surface area contributed by atoms with Gasteiger partial charge in [0, 0.05) is 13.7 Å². The molecule has 0 saturated carbocycles. The van der Waals surface area contributed by atoms with Gasteiger partial charge in [0.2, 0.25) is 0 Å². The Balaban J connectivity index is 0.000000197. The number of methoxy groups -OCH3 is 1. The summed E-state index contributed by atoms with van der Waals surface area (Å²) in [5.74, 6) is -0.279. The van der Waals surface area contributed by atoms with Crippen LogP contribution < -0.4 is 4.80 Å². The highest BCUT2D eigenvalue weighted by molar-refractivity contribution is 7.85. The van der Waals surface area contributed by atoms with Crippen LogP contribution in [0.3, 0.4) is 0 Å². The monoisotopic (exact) mass is 398 g/mol. The molecule has 2 aromatic carbocycles. The Kier molecular flexibility index (Phi) is 6.65. The van der Waals surface area contributed by atoms with Crippen LogP contribution in [0.15, 0.2) is 47.4 Å². The van der Waals surface area contributed by atoms with Gasteiger partial charge >= 0.3 is 0 Å². The molecular formula is C17H19FN2O4S2. The third-order valence-corrected chi connectivity index (χ3v) is 5.34. The topological polar surface area (TPSA) is 92.4 Å². The third kappa shape index (κ3) is 4.98. The summed E-state index contributed by atoms with van der Waals surface area (Å²) in [4.78, 5) is 0.287. The number of rotatable bonds is 4. The number of hydrogen-bond acceptors (Lipinski definition) is 5. The van der Waals surface area contributed by atoms with E-state index >= 15 is 0 Å². The second kappa shape index (κ2) is 8.54. The van der Waals surface area contributed by atoms with Gasteiger partial charge in [0.05, 0.1) is 21.7 Å². The fourth-order valence-corrected chi connectivity index (χ4v) is 3.64. The molecule has 1 heterocycles. The molecule has 1 aromatic heterocycles. The molecule has 0 saturated heterocycles. The molecule has 0 spiro atoms. The molecule has 26 heavy (non-hydrogen) atoms. The molecule has 0 amide bonds. The Morgan fingerprint density at radius 3 is 2.46 bits per heavy atom. The van der Waals surface area contributed by atoms with E-state index in [1.807, 2.05) is 13.0 Å². The lowest BCUT2D eigenvalue weighted by molar-refractivity contribution is 0.187. The maximum Gasteiger partial charge on any atom is 0.294 e. The van der Waals surface area contributed by atoms with Crippen molar-refractivity contribution in [3.63, 3.8) is 0 Å². The number of para-hydroxylation sites is 1. The Hall–Kier alpha value is -2.07. The van der Waals surface area contributed by atoms with Gasteiger partial charge < -0.3 is 9.30 Å². The predicted octanol–water partition coefficient (Wildman–Crippen LogP) is 3.21. The van der Waals surface area contributed by atoms with Gasteiger partial charge in [0.1, 0.15) is 5.82 Å². The summed E-state index contributed by atoms with van der Waals surface area (Å²) in [6, 6.07) is 10.9. The summed E-state index contributed by atoms with van der Waals surface area (Å²) in [6.45, 7) is 2.83. The Morgan fingerprint density at radius 1 is 1.23 bits per heavy atom. The molecule has 3 rings (SSSR count). The first-order chi connectivity index (χ1) is 12.2. The molecule has 0 fully saturated rings. The maximum atomic E-state index is 13.5. The largest absolute Gasteiger partial charge is 0.383 e. The number of hydrogen-bond donors (Lipinski definition) is 2. The Labute approximate surface area is 154 Å². The van der Waals surface area contributed by atoms with Gasteiger partial charge in [0.15, 0.2) is 4.80 Å². The molecular weight excluding hydrogens is 379 g/mol. The van der Waals surface area contributed by atoms with Gasteiger partial charge in [-0.3, -0.25) is 9.96 Å². The van der Waals surface area contributed by atoms with E-state index < -0.39 is 10.1 Å². The van der Waals surface area contributed by atoms with Gasteiger partial charge in [-0.2, -0.15) is 8.42 Å². The van der Waals surface area contributed by atoms with E-state index in [4.69, 9.17) is 14.7 Å². The van der Waals surface area contributed by atoms with Crippen molar-refractivity contribution in [1.82, 2.24) is 4.57 Å². The molecule has 140 valence electrons. The number of aryl methyl sites for hydroxylation is 1. The fourth-order valence-electron chi connectivity index (χ4n) is 2.21. The maximum absolute atomic E-state index is 13.5. The van der Waals surface area contributed by atoms with E-state index in [1.54, 1.807) is 29.9 Å². The van der Waals surface area contributed by atoms with Crippen molar-refractivity contribution >= 4 is 31.7 Å². The van der Waals surface area contributed by atoms with Crippen molar-refractivity contribution in [3.05, 3.63) is 58.6 Å². The average molecular weight is 398 g/mol. The summed E-state index contributed by atoms with van der Waals surface area (Å²) in [6.07, 6.45) is 0. The summed E-state index contributed by atoms with van der Waals surface area (Å²) in [5, 5.41) is 7.73. The summed E-state index contributed by atoms with van der Waals surface area (Å²) in [5.41, 5.74) is 1.46. The van der Waals surface area contributed by atoms with Crippen molar-refractivity contribution < 1.29 is 22.1 Å². The highest BCUT2D eigenvalue weighted by Crippen LogP contribution is 2.19. The fraction of sp³-hybridized carbons (Fsp3) is 0.235. The van der Waals surface area contributed by atoms with Crippen molar-refractivity contribution in [1.29, 1.82) is 5.41 Å². The molecule has 0 aliphatic heterocycles. The van der Waals surface area contributed by atoms with Gasteiger partial charge in [-0.15, -0.1) is 0 Å². The number of nitrogens with zero attached hydrogens (tertiary/aromatic N) is 1. The minimum Gasteiger partial charge on any atom is -0.383 e. The van der Waals surface area contributed by atoms with Gasteiger partial charge in [-0.05, 0) is 31.2 Å². The van der Waals surface area contributed by atoms with E-state index in [2.05, 4.69) is 0 Å². The molecule has 0 bridgehead atoms. The second-order valence-electron chi connectivity index (χ2n) is 5.43. The van der Waals surface area contributed by atoms with Crippen LogP contribution in [-0.2, 0) is 21.4 Å². The first-order valence-electron chi connectivity index (χ1n) is 7.59. The first kappa shape index (κ1) is 20.2. The van der Waals surface area contributed by atoms with Crippen LogP contribution in [0.1, 0.15) is 5.56 Å². The molecule has 6 nitrogen and oxygen atoms in total. The zero-order valence-corrected chi connectivity index (χ0v) is 15.9. The Morgan fingerprint density at radius 2 is 1.88 bits per heavy atom. The van der Waals surface area contributed by atoms with Crippen molar-refractivity contribution in [3.8, 4) is 0 Å². The number of benzene rings is 2. The Bertz CT molecular complexity index is 1040. The predicted molar refractivity (Wildman–Crippen MR) is 98.5 cm³/mol. The lowest BCUT2D eigenvalue weighted by Gasteiger charge is -2.03. The van der Waals surface area contributed by atoms with Crippen LogP contribution in [0.25, 0.3) is 10.2 Å². The highest BCUT2D eigenvalue weighted by atomic mass is 32.2. The summed E-state index contributed by atoms with van der Waals surface area (Å²) in [7, 11) is -2.43. The molecule has 0 radical (unpaired) electrons. The molecule has 0 aliphatic carbocycles. The lowest BCUT2D eigenvalue weighted by Crippen LogP contribution is -2.16. The molecule has 9 heteroatoms. The minimum absolute atomic E-state index is 0.0666. The van der Waals surface area contributed by atoms with Crippen LogP contribution >= 0.6 is 11.3 Å². The van der Waals surface area contributed by atoms with Crippen LogP contribution in [0.5, 0.6) is 0 Å². The van der Waals surface area contributed by atoms with E-state index in [0.29, 0.717) is 23.5 Å². The molecule has 0 atom stereocenters. The van der Waals surface area contributed by atoms with E-state index in [9.17, 15) is 12.8 Å². The average Bonchev–Trinajstić information content (AvgIpc) is 2.90. The molecule has 3 aromatic rings. The van der Waals surface area contributed by atoms with Gasteiger partial charge in [-0.1, -0.05) is 35.1 Å². The number of thiazole rings is 1. The van der Waals surface area contributed by atoms with Crippen molar-refractivity contribution in [2.24, 2.45) is 0 Å². The van der Waals surface area contributed by atoms with Gasteiger partial charge in [-0.25, -0.2) is 4.39 Å². The minimum atomic E-state index is -4.02. The quantitative estimate of drug-likeness (QED) is 0.660. The standard InChI is InChI=1S/C10H11FN2OS.C7H8O3S/c1-14-6-5-13-9-7(11)3-2-4-8(9)15-10(13)12;1-6-2-4-7(5-3-6)11(8,9)10/h2-4,12H,5-6H2,1H3;2-5H,1H3,(H,8,9,10). The number of aromatic nitrogens is 1. The van der Waals surface area contributed by atoms with Gasteiger partial charge in [0.25, 0.3) is 10.1 Å². The smallest absolute Gasteiger partial charge is 0.294 e. The lowest BCUT2D eigenvalue weighted by atomic mass is 10.2. The summed E-state index contributed by atoms with van der Waals surface area (Å²) < 4.78 is 50.5. The second-order valence-corrected chi connectivity index (χ2v) is 7.88. The van der Waals surface area contributed by atoms with Crippen molar-refractivity contribution in [2.45, 2.75) is 18.4 Å². The first-order valence-corrected chi connectivity index (χ1v) is 9.85. The molecule has 0 unspecified atom stereocenters. The van der Waals surface area contributed by atoms with Crippen LogP contribution in [0.2, 0.25) is 0 Å². The van der Waals surface area contributed by atoms with E-state index in [1.165, 1.54) is 29.5 Å². The number of halogens is 1. The zero-order chi connectivity index (χ0) is 19.3. The number of nitrogens with one attached hydrogen (secondary N) is 1. The SMILES string of the molecule is COCCn1c(=N)sc2cccc(F)c21.Cc1ccc(S(=O)(=O)O)cc1. The van der Waals surface area contributed by atoms with Crippen LogP contribution in [0.4, 0.5) is 4.39 Å². The summed E-state index contributed by atoms with van der Waals surface area (Å²) >= 11 is 1.28. The van der Waals surface area contributed by atoms with Crippen LogP contribution in [-0.4, -0.2) is 31.3 Å². The van der Waals surface area contributed by atoms with Crippen molar-refractivity contribution in [2.75, 3.05) is 13.7 Å². The van der Waals surface area contributed by atoms with E-state index in [-0.39, 0.29) is 10.7 Å². The van der Waals surface area contributed by atoms with Crippen LogP contribution in [0, 0.1) is 18.2 Å². The normalized spacial score (nSPS) is 11.2. The molecule has 2 N–H and O–H groups in total. The third-order valence-electron chi connectivity index (χ3n) is 3.51. The number of ether oxygens (including phenoxy) is 1.